The molecule has 0 radical (unpaired) electrons. The van der Waals surface area contributed by atoms with Gasteiger partial charge in [0.2, 0.25) is 10.0 Å². The lowest BCUT2D eigenvalue weighted by molar-refractivity contribution is -0.384. The molecule has 0 atom stereocenters. The minimum atomic E-state index is -4.23. The molecule has 0 fully saturated rings. The standard InChI is InChI=1S/C54H44N2O9S/c57-56(58)41-21-23-42(24-22-41)66(59,60)55-29-31-62-47-25-17-37-9-1-5-13-43(37)51(47)53-45-15-7-3-11-39(45)19-27-49(53)64-35-33-61-34-36-65-50-28-20-40-12-4-8-16-46(40)54(50)52-44-14-6-2-10-38(44)18-26-48(52)63-32-30-55/h1-28H,29-36H2. The van der Waals surface area contributed by atoms with E-state index >= 15 is 0 Å². The lowest BCUT2D eigenvalue weighted by atomic mass is 9.92. The van der Waals surface area contributed by atoms with Gasteiger partial charge in [-0.2, -0.15) is 4.31 Å². The molecule has 9 aromatic rings. The maximum absolute atomic E-state index is 14.6. The predicted octanol–water partition coefficient (Wildman–Crippen LogP) is 11.5. The van der Waals surface area contributed by atoms with Crippen molar-refractivity contribution in [2.75, 3.05) is 52.7 Å². The van der Waals surface area contributed by atoms with E-state index in [0.29, 0.717) is 36.2 Å². The van der Waals surface area contributed by atoms with Gasteiger partial charge in [0.1, 0.15) is 49.4 Å². The fourth-order valence-corrected chi connectivity index (χ4v) is 10.2. The fraction of sp³-hybridized carbons (Fsp3) is 0.148. The van der Waals surface area contributed by atoms with Gasteiger partial charge in [0.15, 0.2) is 0 Å². The van der Waals surface area contributed by atoms with Crippen LogP contribution in [0.4, 0.5) is 5.69 Å². The van der Waals surface area contributed by atoms with Crippen LogP contribution in [0.25, 0.3) is 65.3 Å². The lowest BCUT2D eigenvalue weighted by Crippen LogP contribution is -2.37. The van der Waals surface area contributed by atoms with Crippen LogP contribution in [0.15, 0.2) is 175 Å². The zero-order chi connectivity index (χ0) is 45.0. The number of rotatable bonds is 3. The van der Waals surface area contributed by atoms with Gasteiger partial charge < -0.3 is 23.7 Å². The van der Waals surface area contributed by atoms with E-state index in [1.54, 1.807) is 0 Å². The van der Waals surface area contributed by atoms with Crippen LogP contribution >= 0.6 is 0 Å². The van der Waals surface area contributed by atoms with Gasteiger partial charge in [-0.05, 0) is 79.5 Å². The van der Waals surface area contributed by atoms with Crippen LogP contribution in [-0.2, 0) is 14.8 Å². The summed E-state index contributed by atoms with van der Waals surface area (Å²) >= 11 is 0. The van der Waals surface area contributed by atoms with Gasteiger partial charge in [-0.25, -0.2) is 8.42 Å². The van der Waals surface area contributed by atoms with Crippen LogP contribution in [0.2, 0.25) is 0 Å². The van der Waals surface area contributed by atoms with Crippen LogP contribution in [0.3, 0.4) is 0 Å². The molecule has 10 rings (SSSR count). The molecule has 0 unspecified atom stereocenters. The molecule has 0 saturated heterocycles. The molecular weight excluding hydrogens is 853 g/mol. The summed E-state index contributed by atoms with van der Waals surface area (Å²) in [6.45, 7) is 0.918. The van der Waals surface area contributed by atoms with Crippen molar-refractivity contribution in [3.8, 4) is 45.3 Å². The molecule has 12 heteroatoms. The molecular formula is C54H44N2O9S. The van der Waals surface area contributed by atoms with Crippen molar-refractivity contribution in [1.29, 1.82) is 0 Å². The van der Waals surface area contributed by atoms with Crippen molar-refractivity contribution in [3.63, 3.8) is 0 Å². The van der Waals surface area contributed by atoms with Crippen molar-refractivity contribution in [2.45, 2.75) is 4.90 Å². The Kier molecular flexibility index (Phi) is 11.9. The summed E-state index contributed by atoms with van der Waals surface area (Å²) in [6, 6.07) is 53.0. The zero-order valence-electron chi connectivity index (χ0n) is 35.8. The van der Waals surface area contributed by atoms with Crippen LogP contribution in [0.1, 0.15) is 0 Å². The Balaban J connectivity index is 1.08. The molecule has 66 heavy (non-hydrogen) atoms. The minimum absolute atomic E-state index is 0.0374. The van der Waals surface area contributed by atoms with Crippen molar-refractivity contribution in [1.82, 2.24) is 4.31 Å². The normalized spacial score (nSPS) is 14.5. The number of nitro groups is 1. The summed E-state index contributed by atoms with van der Waals surface area (Å²) in [7, 11) is -4.23. The summed E-state index contributed by atoms with van der Waals surface area (Å²) in [5, 5.41) is 19.3. The number of sulfonamides is 1. The summed E-state index contributed by atoms with van der Waals surface area (Å²) in [5.74, 6) is 2.37. The Morgan fingerprint density at radius 3 is 1.09 bits per heavy atom. The van der Waals surface area contributed by atoms with Crippen LogP contribution in [0, 0.1) is 10.1 Å². The Morgan fingerprint density at radius 2 is 0.742 bits per heavy atom. The highest BCUT2D eigenvalue weighted by atomic mass is 32.2. The number of nitrogens with zero attached hydrogens (tertiary/aromatic N) is 2. The average molecular weight is 897 g/mol. The Morgan fingerprint density at radius 1 is 0.409 bits per heavy atom. The monoisotopic (exact) mass is 896 g/mol. The van der Waals surface area contributed by atoms with Crippen molar-refractivity contribution < 1.29 is 37.0 Å². The van der Waals surface area contributed by atoms with E-state index in [1.165, 1.54) is 28.6 Å². The third-order valence-corrected chi connectivity index (χ3v) is 13.8. The van der Waals surface area contributed by atoms with E-state index in [4.69, 9.17) is 23.7 Å². The maximum Gasteiger partial charge on any atom is 0.269 e. The number of nitro benzene ring substituents is 1. The van der Waals surface area contributed by atoms with Gasteiger partial charge in [0.05, 0.1) is 23.0 Å². The highest BCUT2D eigenvalue weighted by Gasteiger charge is 2.27. The van der Waals surface area contributed by atoms with Crippen LogP contribution < -0.4 is 18.9 Å². The number of hydrogen-bond donors (Lipinski definition) is 0. The largest absolute Gasteiger partial charge is 0.492 e. The second kappa shape index (κ2) is 18.5. The van der Waals surface area contributed by atoms with Gasteiger partial charge in [-0.1, -0.05) is 121 Å². The number of fused-ring (bicyclic) bond motifs is 14. The summed E-state index contributed by atoms with van der Waals surface area (Å²) < 4.78 is 63.1. The molecule has 9 aromatic carbocycles. The molecule has 330 valence electrons. The number of non-ortho nitro benzene ring substituents is 1. The van der Waals surface area contributed by atoms with Gasteiger partial charge in [0.25, 0.3) is 5.69 Å². The Bertz CT molecular complexity index is 3200. The van der Waals surface area contributed by atoms with E-state index in [0.717, 1.165) is 65.3 Å². The van der Waals surface area contributed by atoms with E-state index in [1.807, 2.05) is 121 Å². The van der Waals surface area contributed by atoms with Crippen molar-refractivity contribution in [2.24, 2.45) is 0 Å². The predicted molar refractivity (Wildman–Crippen MR) is 258 cm³/mol. The molecule has 0 saturated carbocycles. The molecule has 0 N–H and O–H groups in total. The molecule has 1 aliphatic rings. The molecule has 0 aromatic heterocycles. The molecule has 11 nitrogen and oxygen atoms in total. The second-order valence-electron chi connectivity index (χ2n) is 15.8. The lowest BCUT2D eigenvalue weighted by Gasteiger charge is -2.24. The molecule has 0 bridgehead atoms. The maximum atomic E-state index is 14.6. The topological polar surface area (TPSA) is 127 Å². The smallest absolute Gasteiger partial charge is 0.269 e. The number of ether oxygens (including phenoxy) is 5. The molecule has 0 spiro atoms. The number of benzene rings is 9. The highest BCUT2D eigenvalue weighted by molar-refractivity contribution is 7.89. The Labute approximate surface area is 381 Å². The molecule has 1 aliphatic heterocycles. The van der Waals surface area contributed by atoms with E-state index in [2.05, 4.69) is 24.3 Å². The van der Waals surface area contributed by atoms with Gasteiger partial charge in [-0.3, -0.25) is 10.1 Å². The average Bonchev–Trinajstić information content (AvgIpc) is 3.35. The van der Waals surface area contributed by atoms with Crippen LogP contribution in [0.5, 0.6) is 23.0 Å². The van der Waals surface area contributed by atoms with Crippen molar-refractivity contribution >= 4 is 58.8 Å². The zero-order valence-corrected chi connectivity index (χ0v) is 36.6. The highest BCUT2D eigenvalue weighted by Crippen LogP contribution is 2.47. The first kappa shape index (κ1) is 42.4. The van der Waals surface area contributed by atoms with Gasteiger partial charge in [-0.15, -0.1) is 0 Å². The van der Waals surface area contributed by atoms with E-state index in [9.17, 15) is 18.5 Å². The van der Waals surface area contributed by atoms with Crippen LogP contribution in [-0.4, -0.2) is 70.4 Å². The van der Waals surface area contributed by atoms with E-state index in [-0.39, 0.29) is 50.1 Å². The first-order valence-electron chi connectivity index (χ1n) is 21.8. The Hall–Kier alpha value is -7.51. The first-order chi connectivity index (χ1) is 32.3. The second-order valence-corrected chi connectivity index (χ2v) is 17.7. The third kappa shape index (κ3) is 8.33. The van der Waals surface area contributed by atoms with Crippen molar-refractivity contribution in [3.05, 3.63) is 180 Å². The third-order valence-electron chi connectivity index (χ3n) is 11.9. The first-order valence-corrected chi connectivity index (χ1v) is 23.2. The number of hydrogen-bond acceptors (Lipinski definition) is 9. The quantitative estimate of drug-likeness (QED) is 0.126. The van der Waals surface area contributed by atoms with Gasteiger partial charge in [0, 0.05) is 47.5 Å². The summed E-state index contributed by atoms with van der Waals surface area (Å²) in [4.78, 5) is 10.9. The minimum Gasteiger partial charge on any atom is -0.492 e. The molecule has 1 heterocycles. The molecule has 0 aliphatic carbocycles. The molecule has 0 amide bonds. The van der Waals surface area contributed by atoms with E-state index < -0.39 is 14.9 Å². The fourth-order valence-electron chi connectivity index (χ4n) is 8.80. The SMILES string of the molecule is O=[N+]([O-])c1ccc(S(=O)(=O)N2CCOc3ccc4ccccc4c3-c3c(ccc4ccccc34)OCCOCCOc3ccc4ccccc4c3-c3c(ccc4ccccc34)OCC2)cc1. The van der Waals surface area contributed by atoms with Gasteiger partial charge >= 0.3 is 0 Å². The summed E-state index contributed by atoms with van der Waals surface area (Å²) in [6.07, 6.45) is 0. The summed E-state index contributed by atoms with van der Waals surface area (Å²) in [5.41, 5.74) is 3.07.